The standard InChI is InChI=1S/C22H27N7O2S.ClH/c1-14(2)22(23)28-18-9-8-17(12-19(18)29-22)25-20-10-11-24-21(27-20)26-16-6-4-15(5-7-16)13-32(3,30)31;/h4-12,14,28-29H,13,23H2,1-3H3,(H2,24,25,26,27);1H. The lowest BCUT2D eigenvalue weighted by atomic mass is 10.1. The Labute approximate surface area is 199 Å². The summed E-state index contributed by atoms with van der Waals surface area (Å²) in [7, 11) is -3.07. The normalized spacial score (nSPS) is 16.9. The number of fused-ring (bicyclic) bond motifs is 1. The number of halogens is 1. The van der Waals surface area contributed by atoms with Crippen LogP contribution in [0.15, 0.2) is 54.7 Å². The Balaban J connectivity index is 0.00000306. The summed E-state index contributed by atoms with van der Waals surface area (Å²) in [5.74, 6) is 0.584. The van der Waals surface area contributed by atoms with Crippen LogP contribution in [0.25, 0.3) is 0 Å². The minimum Gasteiger partial charge on any atom is -0.349 e. The summed E-state index contributed by atoms with van der Waals surface area (Å²) < 4.78 is 22.9. The number of hydrogen-bond donors (Lipinski definition) is 5. The van der Waals surface area contributed by atoms with E-state index in [9.17, 15) is 8.42 Å². The molecule has 0 spiro atoms. The SMILES string of the molecule is CC(C)C1(N)Nc2ccc(Nc3ccnc(Nc4ccc(CS(C)(=O)=O)cc4)n3)cc2N1.Cl. The van der Waals surface area contributed by atoms with Gasteiger partial charge in [-0.1, -0.05) is 26.0 Å². The van der Waals surface area contributed by atoms with Crippen molar-refractivity contribution >= 4 is 56.8 Å². The molecule has 176 valence electrons. The lowest BCUT2D eigenvalue weighted by Crippen LogP contribution is -2.55. The Morgan fingerprint density at radius 2 is 1.67 bits per heavy atom. The van der Waals surface area contributed by atoms with E-state index in [1.165, 1.54) is 6.26 Å². The topological polar surface area (TPSA) is 134 Å². The average molecular weight is 490 g/mol. The fourth-order valence-corrected chi connectivity index (χ4v) is 4.15. The van der Waals surface area contributed by atoms with Gasteiger partial charge < -0.3 is 21.3 Å². The van der Waals surface area contributed by atoms with Crippen molar-refractivity contribution in [3.63, 3.8) is 0 Å². The highest BCUT2D eigenvalue weighted by molar-refractivity contribution is 7.89. The molecule has 0 bridgehead atoms. The second-order valence-corrected chi connectivity index (χ2v) is 10.5. The van der Waals surface area contributed by atoms with Crippen LogP contribution in [0.5, 0.6) is 0 Å². The van der Waals surface area contributed by atoms with E-state index in [1.807, 2.05) is 18.2 Å². The number of rotatable bonds is 7. The van der Waals surface area contributed by atoms with Gasteiger partial charge in [-0.3, -0.25) is 5.73 Å². The zero-order valence-corrected chi connectivity index (χ0v) is 20.2. The molecule has 33 heavy (non-hydrogen) atoms. The summed E-state index contributed by atoms with van der Waals surface area (Å²) in [6, 6.07) is 14.8. The van der Waals surface area contributed by atoms with E-state index in [-0.39, 0.29) is 24.1 Å². The van der Waals surface area contributed by atoms with E-state index in [1.54, 1.807) is 36.5 Å². The molecule has 2 heterocycles. The molecule has 9 nitrogen and oxygen atoms in total. The van der Waals surface area contributed by atoms with Gasteiger partial charge in [-0.15, -0.1) is 12.4 Å². The molecule has 1 unspecified atom stereocenters. The summed E-state index contributed by atoms with van der Waals surface area (Å²) in [5, 5.41) is 13.1. The Morgan fingerprint density at radius 1 is 1.00 bits per heavy atom. The third-order valence-corrected chi connectivity index (χ3v) is 6.04. The van der Waals surface area contributed by atoms with Crippen LogP contribution in [-0.4, -0.2) is 30.4 Å². The van der Waals surface area contributed by atoms with Crippen LogP contribution in [0.1, 0.15) is 19.4 Å². The molecule has 0 amide bonds. The van der Waals surface area contributed by atoms with Gasteiger partial charge in [-0.25, -0.2) is 13.4 Å². The summed E-state index contributed by atoms with van der Waals surface area (Å²) in [6.45, 7) is 4.11. The van der Waals surface area contributed by atoms with E-state index < -0.39 is 15.6 Å². The highest BCUT2D eigenvalue weighted by Crippen LogP contribution is 2.37. The minimum atomic E-state index is -3.07. The van der Waals surface area contributed by atoms with Crippen molar-refractivity contribution in [3.05, 3.63) is 60.3 Å². The predicted molar refractivity (Wildman–Crippen MR) is 136 cm³/mol. The maximum absolute atomic E-state index is 11.4. The van der Waals surface area contributed by atoms with Gasteiger partial charge in [-0.2, -0.15) is 4.98 Å². The summed E-state index contributed by atoms with van der Waals surface area (Å²) in [4.78, 5) is 8.76. The lowest BCUT2D eigenvalue weighted by molar-refractivity contribution is 0.409. The molecule has 0 saturated heterocycles. The van der Waals surface area contributed by atoms with Gasteiger partial charge in [0.15, 0.2) is 15.6 Å². The van der Waals surface area contributed by atoms with Crippen molar-refractivity contribution in [2.75, 3.05) is 27.5 Å². The third kappa shape index (κ3) is 6.04. The van der Waals surface area contributed by atoms with Gasteiger partial charge in [0.25, 0.3) is 0 Å². The minimum absolute atomic E-state index is 0. The Kier molecular flexibility index (Phi) is 7.01. The number of nitrogens with one attached hydrogen (secondary N) is 4. The molecule has 3 aromatic rings. The largest absolute Gasteiger partial charge is 0.349 e. The molecular weight excluding hydrogens is 462 g/mol. The molecule has 0 saturated carbocycles. The first kappa shape index (κ1) is 24.6. The van der Waals surface area contributed by atoms with E-state index >= 15 is 0 Å². The van der Waals surface area contributed by atoms with Gasteiger partial charge in [-0.05, 0) is 42.0 Å². The van der Waals surface area contributed by atoms with Crippen LogP contribution in [-0.2, 0) is 15.6 Å². The van der Waals surface area contributed by atoms with Crippen LogP contribution < -0.4 is 27.0 Å². The fraction of sp³-hybridized carbons (Fsp3) is 0.273. The maximum atomic E-state index is 11.4. The van der Waals surface area contributed by atoms with Gasteiger partial charge in [0, 0.05) is 29.7 Å². The van der Waals surface area contributed by atoms with Gasteiger partial charge in [0.1, 0.15) is 5.82 Å². The fourth-order valence-electron chi connectivity index (χ4n) is 3.35. The molecular formula is C22H28ClN7O2S. The quantitative estimate of drug-likeness (QED) is 0.333. The number of nitrogens with two attached hydrogens (primary N) is 1. The highest BCUT2D eigenvalue weighted by atomic mass is 35.5. The van der Waals surface area contributed by atoms with Crippen molar-refractivity contribution in [1.82, 2.24) is 9.97 Å². The zero-order valence-electron chi connectivity index (χ0n) is 18.6. The highest BCUT2D eigenvalue weighted by Gasteiger charge is 2.35. The van der Waals surface area contributed by atoms with Crippen LogP contribution >= 0.6 is 12.4 Å². The lowest BCUT2D eigenvalue weighted by Gasteiger charge is -2.29. The summed E-state index contributed by atoms with van der Waals surface area (Å²) >= 11 is 0. The number of anilines is 6. The second kappa shape index (κ2) is 9.42. The Morgan fingerprint density at radius 3 is 2.33 bits per heavy atom. The van der Waals surface area contributed by atoms with E-state index in [0.29, 0.717) is 11.8 Å². The van der Waals surface area contributed by atoms with Crippen molar-refractivity contribution in [2.45, 2.75) is 25.4 Å². The van der Waals surface area contributed by atoms with Crippen LogP contribution in [0.3, 0.4) is 0 Å². The van der Waals surface area contributed by atoms with E-state index in [0.717, 1.165) is 28.3 Å². The number of nitrogens with zero attached hydrogens (tertiary/aromatic N) is 2. The Hall–Kier alpha value is -3.08. The molecule has 1 aliphatic heterocycles. The van der Waals surface area contributed by atoms with E-state index in [2.05, 4.69) is 45.1 Å². The second-order valence-electron chi connectivity index (χ2n) is 8.32. The molecule has 0 radical (unpaired) electrons. The van der Waals surface area contributed by atoms with Crippen molar-refractivity contribution < 1.29 is 8.42 Å². The maximum Gasteiger partial charge on any atom is 0.229 e. The Bertz CT molecular complexity index is 1240. The predicted octanol–water partition coefficient (Wildman–Crippen LogP) is 4.04. The monoisotopic (exact) mass is 489 g/mol. The van der Waals surface area contributed by atoms with Crippen molar-refractivity contribution in [1.29, 1.82) is 0 Å². The molecule has 1 aliphatic rings. The first-order valence-corrected chi connectivity index (χ1v) is 12.3. The first-order valence-electron chi connectivity index (χ1n) is 10.2. The number of sulfone groups is 1. The average Bonchev–Trinajstić information content (AvgIpc) is 3.06. The molecule has 6 N–H and O–H groups in total. The molecule has 2 aromatic carbocycles. The summed E-state index contributed by atoms with van der Waals surface area (Å²) in [5.41, 5.74) is 10.6. The molecule has 0 fully saturated rings. The first-order chi connectivity index (χ1) is 15.1. The van der Waals surface area contributed by atoms with E-state index in [4.69, 9.17) is 5.73 Å². The third-order valence-electron chi connectivity index (χ3n) is 5.18. The molecule has 4 rings (SSSR count). The number of aromatic nitrogens is 2. The van der Waals surface area contributed by atoms with Crippen LogP contribution in [0, 0.1) is 5.92 Å². The smallest absolute Gasteiger partial charge is 0.229 e. The zero-order chi connectivity index (χ0) is 22.9. The molecule has 0 aliphatic carbocycles. The van der Waals surface area contributed by atoms with Gasteiger partial charge in [0.05, 0.1) is 17.1 Å². The van der Waals surface area contributed by atoms with Crippen LogP contribution in [0.2, 0.25) is 0 Å². The van der Waals surface area contributed by atoms with Gasteiger partial charge in [0.2, 0.25) is 5.95 Å². The van der Waals surface area contributed by atoms with Crippen LogP contribution in [0.4, 0.5) is 34.5 Å². The van der Waals surface area contributed by atoms with Crippen molar-refractivity contribution in [2.24, 2.45) is 11.7 Å². The number of benzene rings is 2. The molecule has 11 heteroatoms. The summed E-state index contributed by atoms with van der Waals surface area (Å²) in [6.07, 6.45) is 2.88. The number of hydrogen-bond acceptors (Lipinski definition) is 9. The van der Waals surface area contributed by atoms with Gasteiger partial charge >= 0.3 is 0 Å². The molecule has 1 atom stereocenters. The van der Waals surface area contributed by atoms with Crippen molar-refractivity contribution in [3.8, 4) is 0 Å². The molecule has 1 aromatic heterocycles.